The number of benzene rings is 1. The minimum absolute atomic E-state index is 0.276. The maximum Gasteiger partial charge on any atom is 0.256 e. The summed E-state index contributed by atoms with van der Waals surface area (Å²) in [6.07, 6.45) is 0.718. The summed E-state index contributed by atoms with van der Waals surface area (Å²) in [5.41, 5.74) is 0.0387. The van der Waals surface area contributed by atoms with Gasteiger partial charge in [-0.05, 0) is 30.2 Å². The van der Waals surface area contributed by atoms with Crippen LogP contribution in [0.15, 0.2) is 18.2 Å². The van der Waals surface area contributed by atoms with Gasteiger partial charge in [0.05, 0.1) is 12.7 Å². The van der Waals surface area contributed by atoms with Crippen molar-refractivity contribution >= 4 is 29.5 Å². The molecule has 16 heavy (non-hydrogen) atoms. The molecule has 0 bridgehead atoms. The fourth-order valence-electron chi connectivity index (χ4n) is 1.12. The Bertz CT molecular complexity index is 381. The molecule has 0 heterocycles. The molecule has 0 aliphatic heterocycles. The van der Waals surface area contributed by atoms with Crippen LogP contribution in [0.1, 0.15) is 23.7 Å². The Labute approximate surface area is 105 Å². The highest BCUT2D eigenvalue weighted by molar-refractivity contribution is 7.80. The molecule has 0 saturated heterocycles. The molecule has 1 rings (SSSR count). The van der Waals surface area contributed by atoms with E-state index in [4.69, 9.17) is 21.1 Å². The number of halogens is 1. The van der Waals surface area contributed by atoms with Crippen LogP contribution in [0.25, 0.3) is 0 Å². The van der Waals surface area contributed by atoms with Gasteiger partial charge in [0.25, 0.3) is 5.24 Å². The second-order valence-corrected chi connectivity index (χ2v) is 4.04. The largest absolute Gasteiger partial charge is 0.497 e. The van der Waals surface area contributed by atoms with Gasteiger partial charge in [-0.3, -0.25) is 4.79 Å². The number of thiol groups is 1. The van der Waals surface area contributed by atoms with Gasteiger partial charge in [0.1, 0.15) is 16.9 Å². The molecule has 0 aromatic heterocycles. The van der Waals surface area contributed by atoms with Crippen molar-refractivity contribution < 1.29 is 14.3 Å². The zero-order valence-corrected chi connectivity index (χ0v) is 10.7. The fraction of sp³-hybridized carbons (Fsp3) is 0.364. The van der Waals surface area contributed by atoms with Gasteiger partial charge in [-0.1, -0.05) is 6.92 Å². The summed E-state index contributed by atoms with van der Waals surface area (Å²) >= 11 is 9.65. The molecule has 0 amide bonds. The van der Waals surface area contributed by atoms with E-state index in [2.05, 4.69) is 12.6 Å². The summed E-state index contributed by atoms with van der Waals surface area (Å²) in [5, 5.41) is -0.561. The lowest BCUT2D eigenvalue weighted by Crippen LogP contribution is -2.09. The number of rotatable bonds is 5. The third kappa shape index (κ3) is 3.32. The van der Waals surface area contributed by atoms with Gasteiger partial charge in [-0.2, -0.15) is 0 Å². The van der Waals surface area contributed by atoms with E-state index in [1.807, 2.05) is 6.92 Å². The van der Waals surface area contributed by atoms with Gasteiger partial charge in [0.2, 0.25) is 0 Å². The first kappa shape index (κ1) is 13.2. The van der Waals surface area contributed by atoms with Crippen molar-refractivity contribution in [2.45, 2.75) is 18.8 Å². The lowest BCUT2D eigenvalue weighted by atomic mass is 10.2. The Balaban J connectivity index is 3.05. The van der Waals surface area contributed by atoms with Crippen molar-refractivity contribution in [2.24, 2.45) is 0 Å². The van der Waals surface area contributed by atoms with Gasteiger partial charge < -0.3 is 9.47 Å². The highest BCUT2D eigenvalue weighted by Gasteiger charge is 2.13. The monoisotopic (exact) mass is 260 g/mol. The Kier molecular flexibility index (Phi) is 4.96. The summed E-state index contributed by atoms with van der Waals surface area (Å²) < 4.78 is 10.5. The SMILES string of the molecule is CCC(S)Oc1cc(OC)ccc1C(=O)Cl. The molecule has 0 radical (unpaired) electrons. The van der Waals surface area contributed by atoms with E-state index < -0.39 is 5.24 Å². The highest BCUT2D eigenvalue weighted by atomic mass is 35.5. The van der Waals surface area contributed by atoms with Crippen molar-refractivity contribution in [1.29, 1.82) is 0 Å². The molecular formula is C11H13ClO3S. The predicted octanol–water partition coefficient (Wildman–Crippen LogP) is 3.12. The van der Waals surface area contributed by atoms with Gasteiger partial charge in [0.15, 0.2) is 0 Å². The first-order valence-electron chi connectivity index (χ1n) is 4.81. The Morgan fingerprint density at radius 1 is 1.56 bits per heavy atom. The summed E-state index contributed by atoms with van der Waals surface area (Å²) in [6.45, 7) is 1.93. The van der Waals surface area contributed by atoms with Crippen molar-refractivity contribution in [2.75, 3.05) is 7.11 Å². The Morgan fingerprint density at radius 3 is 2.75 bits per heavy atom. The third-order valence-electron chi connectivity index (χ3n) is 2.01. The van der Waals surface area contributed by atoms with Crippen molar-refractivity contribution in [3.8, 4) is 11.5 Å². The van der Waals surface area contributed by atoms with E-state index in [9.17, 15) is 4.79 Å². The van der Waals surface area contributed by atoms with E-state index >= 15 is 0 Å². The lowest BCUT2D eigenvalue weighted by Gasteiger charge is -2.14. The number of ether oxygens (including phenoxy) is 2. The predicted molar refractivity (Wildman–Crippen MR) is 66.9 cm³/mol. The molecule has 1 aromatic carbocycles. The number of carbonyl (C=O) groups excluding carboxylic acids is 1. The standard InChI is InChI=1S/C11H13ClO3S/c1-3-10(16)15-9-6-7(14-2)4-5-8(9)11(12)13/h4-6,10,16H,3H2,1-2H3. The minimum Gasteiger partial charge on any atom is -0.497 e. The molecule has 1 unspecified atom stereocenters. The summed E-state index contributed by atoms with van der Waals surface area (Å²) in [6, 6.07) is 4.84. The second kappa shape index (κ2) is 6.01. The number of methoxy groups -OCH3 is 1. The molecule has 88 valence electrons. The van der Waals surface area contributed by atoms with Crippen LogP contribution >= 0.6 is 24.2 Å². The molecule has 0 spiro atoms. The average molecular weight is 261 g/mol. The maximum absolute atomic E-state index is 11.2. The Morgan fingerprint density at radius 2 is 2.25 bits per heavy atom. The van der Waals surface area contributed by atoms with Crippen molar-refractivity contribution in [3.05, 3.63) is 23.8 Å². The van der Waals surface area contributed by atoms with Gasteiger partial charge >= 0.3 is 0 Å². The normalized spacial score (nSPS) is 12.0. The third-order valence-corrected chi connectivity index (χ3v) is 2.69. The van der Waals surface area contributed by atoms with Gasteiger partial charge in [-0.25, -0.2) is 0 Å². The molecule has 1 aromatic rings. The van der Waals surface area contributed by atoms with Gasteiger partial charge in [-0.15, -0.1) is 12.6 Å². The molecule has 0 saturated carbocycles. The minimum atomic E-state index is -0.561. The molecular weight excluding hydrogens is 248 g/mol. The smallest absolute Gasteiger partial charge is 0.256 e. The zero-order valence-electron chi connectivity index (χ0n) is 9.07. The first-order valence-corrected chi connectivity index (χ1v) is 5.70. The maximum atomic E-state index is 11.2. The van der Waals surface area contributed by atoms with E-state index in [0.29, 0.717) is 17.1 Å². The summed E-state index contributed by atoms with van der Waals surface area (Å²) in [5.74, 6) is 0.995. The first-order chi connectivity index (χ1) is 7.58. The van der Waals surface area contributed by atoms with E-state index in [1.54, 1.807) is 25.3 Å². The highest BCUT2D eigenvalue weighted by Crippen LogP contribution is 2.28. The zero-order chi connectivity index (χ0) is 12.1. The van der Waals surface area contributed by atoms with Crippen LogP contribution < -0.4 is 9.47 Å². The fourth-order valence-corrected chi connectivity index (χ4v) is 1.39. The lowest BCUT2D eigenvalue weighted by molar-refractivity contribution is 0.107. The molecule has 0 N–H and O–H groups in total. The topological polar surface area (TPSA) is 35.5 Å². The summed E-state index contributed by atoms with van der Waals surface area (Å²) in [4.78, 5) is 11.2. The van der Waals surface area contributed by atoms with Crippen LogP contribution in [0, 0.1) is 0 Å². The quantitative estimate of drug-likeness (QED) is 0.502. The second-order valence-electron chi connectivity index (χ2n) is 3.12. The number of carbonyl (C=O) groups is 1. The van der Waals surface area contributed by atoms with Crippen molar-refractivity contribution in [1.82, 2.24) is 0 Å². The van der Waals surface area contributed by atoms with Crippen LogP contribution in [0.3, 0.4) is 0 Å². The van der Waals surface area contributed by atoms with E-state index in [1.165, 1.54) is 0 Å². The molecule has 0 aliphatic carbocycles. The molecule has 0 fully saturated rings. The molecule has 0 aliphatic rings. The van der Waals surface area contributed by atoms with Crippen LogP contribution in [0.5, 0.6) is 11.5 Å². The van der Waals surface area contributed by atoms with Crippen molar-refractivity contribution in [3.63, 3.8) is 0 Å². The van der Waals surface area contributed by atoms with Gasteiger partial charge in [0, 0.05) is 6.07 Å². The summed E-state index contributed by atoms with van der Waals surface area (Å²) in [7, 11) is 1.54. The average Bonchev–Trinajstić information content (AvgIpc) is 2.28. The van der Waals surface area contributed by atoms with E-state index in [-0.39, 0.29) is 5.44 Å². The van der Waals surface area contributed by atoms with Crippen LogP contribution in [-0.2, 0) is 0 Å². The van der Waals surface area contributed by atoms with Crippen LogP contribution in [0.2, 0.25) is 0 Å². The molecule has 1 atom stereocenters. The molecule has 3 nitrogen and oxygen atoms in total. The van der Waals surface area contributed by atoms with Crippen LogP contribution in [-0.4, -0.2) is 17.8 Å². The number of hydrogen-bond acceptors (Lipinski definition) is 4. The van der Waals surface area contributed by atoms with Crippen LogP contribution in [0.4, 0.5) is 0 Å². The number of hydrogen-bond donors (Lipinski definition) is 1. The molecule has 5 heteroatoms. The Hall–Kier alpha value is -0.870. The van der Waals surface area contributed by atoms with E-state index in [0.717, 1.165) is 6.42 Å².